The monoisotopic (exact) mass is 428 g/mol. The van der Waals surface area contributed by atoms with E-state index in [1.54, 1.807) is 42.5 Å². The molecule has 6 heteroatoms. The van der Waals surface area contributed by atoms with Gasteiger partial charge in [0.15, 0.2) is 12.4 Å². The maximum Gasteiger partial charge on any atom is 0.262 e. The molecule has 162 valence electrons. The molecule has 0 saturated heterocycles. The van der Waals surface area contributed by atoms with Crippen LogP contribution < -0.4 is 15.4 Å². The van der Waals surface area contributed by atoms with Gasteiger partial charge >= 0.3 is 0 Å². The molecule has 0 aliphatic heterocycles. The third kappa shape index (κ3) is 4.70. The van der Waals surface area contributed by atoms with Gasteiger partial charge in [0.25, 0.3) is 11.8 Å². The van der Waals surface area contributed by atoms with Gasteiger partial charge in [-0.15, -0.1) is 0 Å². The van der Waals surface area contributed by atoms with Crippen molar-refractivity contribution in [2.24, 2.45) is 0 Å². The fraction of sp³-hybridized carbons (Fsp3) is 0.192. The summed E-state index contributed by atoms with van der Waals surface area (Å²) in [6.45, 7) is 1.69. The van der Waals surface area contributed by atoms with E-state index in [4.69, 9.17) is 4.74 Å². The van der Waals surface area contributed by atoms with Crippen molar-refractivity contribution in [2.45, 2.75) is 25.8 Å². The summed E-state index contributed by atoms with van der Waals surface area (Å²) >= 11 is 0. The summed E-state index contributed by atoms with van der Waals surface area (Å²) in [5.74, 6) is -0.0216. The molecule has 0 radical (unpaired) electrons. The van der Waals surface area contributed by atoms with Crippen LogP contribution in [0.3, 0.4) is 0 Å². The van der Waals surface area contributed by atoms with Crippen LogP contribution in [0.5, 0.6) is 5.75 Å². The number of nitrogens with one attached hydrogen (secondary N) is 2. The number of amides is 2. The van der Waals surface area contributed by atoms with E-state index in [-0.39, 0.29) is 30.2 Å². The Morgan fingerprint density at radius 1 is 0.938 bits per heavy atom. The van der Waals surface area contributed by atoms with Crippen molar-refractivity contribution in [1.82, 2.24) is 5.32 Å². The van der Waals surface area contributed by atoms with Crippen LogP contribution in [-0.4, -0.2) is 24.2 Å². The van der Waals surface area contributed by atoms with Crippen molar-refractivity contribution in [2.75, 3.05) is 11.9 Å². The molecule has 0 bridgehead atoms. The highest BCUT2D eigenvalue weighted by atomic mass is 16.5. The zero-order valence-corrected chi connectivity index (χ0v) is 17.8. The Balaban J connectivity index is 1.40. The molecule has 0 fully saturated rings. The highest BCUT2D eigenvalue weighted by Crippen LogP contribution is 2.30. The molecule has 0 saturated carbocycles. The van der Waals surface area contributed by atoms with Crippen LogP contribution in [0.4, 0.5) is 5.69 Å². The summed E-state index contributed by atoms with van der Waals surface area (Å²) < 4.78 is 5.69. The smallest absolute Gasteiger partial charge is 0.262 e. The molecule has 1 unspecified atom stereocenters. The summed E-state index contributed by atoms with van der Waals surface area (Å²) in [5, 5.41) is 5.72. The van der Waals surface area contributed by atoms with E-state index in [0.29, 0.717) is 35.4 Å². The number of ether oxygens (including phenoxy) is 1. The van der Waals surface area contributed by atoms with Gasteiger partial charge in [0.2, 0.25) is 0 Å². The molecular formula is C26H24N2O4. The molecule has 1 aliphatic rings. The number of Topliss-reactive ketones (excluding diaryl/α,β-unsaturated/α-hetero) is 1. The molecule has 1 aliphatic carbocycles. The third-order valence-electron chi connectivity index (χ3n) is 5.49. The molecule has 0 aromatic heterocycles. The van der Waals surface area contributed by atoms with Crippen LogP contribution in [-0.2, 0) is 11.2 Å². The van der Waals surface area contributed by atoms with Gasteiger partial charge in [-0.25, -0.2) is 0 Å². The summed E-state index contributed by atoms with van der Waals surface area (Å²) in [6, 6.07) is 21.6. The number of hydrogen-bond donors (Lipinski definition) is 2. The Labute approximate surface area is 186 Å². The molecule has 6 nitrogen and oxygen atoms in total. The summed E-state index contributed by atoms with van der Waals surface area (Å²) in [7, 11) is 0. The fourth-order valence-corrected chi connectivity index (χ4v) is 3.81. The molecule has 4 rings (SSSR count). The highest BCUT2D eigenvalue weighted by molar-refractivity contribution is 6.04. The first-order chi connectivity index (χ1) is 15.5. The lowest BCUT2D eigenvalue weighted by molar-refractivity contribution is -0.118. The average molecular weight is 428 g/mol. The second-order valence-corrected chi connectivity index (χ2v) is 7.69. The Morgan fingerprint density at radius 2 is 1.69 bits per heavy atom. The number of para-hydroxylation sites is 1. The van der Waals surface area contributed by atoms with Gasteiger partial charge in [0.05, 0.1) is 17.3 Å². The van der Waals surface area contributed by atoms with Crippen LogP contribution in [0.25, 0.3) is 0 Å². The maximum atomic E-state index is 12.8. The molecular weight excluding hydrogens is 404 g/mol. The number of anilines is 1. The third-order valence-corrected chi connectivity index (χ3v) is 5.49. The van der Waals surface area contributed by atoms with Crippen molar-refractivity contribution in [3.05, 3.63) is 95.1 Å². The number of benzene rings is 3. The molecule has 1 atom stereocenters. The zero-order valence-electron chi connectivity index (χ0n) is 17.8. The number of carbonyl (C=O) groups is 3. The van der Waals surface area contributed by atoms with Gasteiger partial charge in [-0.3, -0.25) is 14.4 Å². The lowest BCUT2D eigenvalue weighted by Gasteiger charge is -2.16. The van der Waals surface area contributed by atoms with E-state index >= 15 is 0 Å². The normalized spacial score (nSPS) is 13.2. The first kappa shape index (κ1) is 21.3. The number of hydrogen-bond acceptors (Lipinski definition) is 4. The minimum atomic E-state index is -0.386. The highest BCUT2D eigenvalue weighted by Gasteiger charge is 2.23. The number of rotatable bonds is 7. The van der Waals surface area contributed by atoms with Crippen LogP contribution >= 0.6 is 0 Å². The van der Waals surface area contributed by atoms with Crippen molar-refractivity contribution in [3.8, 4) is 5.75 Å². The minimum Gasteiger partial charge on any atom is -0.483 e. The van der Waals surface area contributed by atoms with Crippen LogP contribution in [0.2, 0.25) is 0 Å². The van der Waals surface area contributed by atoms with E-state index in [1.807, 2.05) is 37.3 Å². The fourth-order valence-electron chi connectivity index (χ4n) is 3.81. The first-order valence-electron chi connectivity index (χ1n) is 10.6. The quantitative estimate of drug-likeness (QED) is 0.587. The molecule has 3 aromatic rings. The predicted molar refractivity (Wildman–Crippen MR) is 122 cm³/mol. The van der Waals surface area contributed by atoms with E-state index < -0.39 is 0 Å². The lowest BCUT2D eigenvalue weighted by Crippen LogP contribution is -2.28. The second-order valence-electron chi connectivity index (χ2n) is 7.69. The molecule has 0 spiro atoms. The van der Waals surface area contributed by atoms with E-state index in [9.17, 15) is 14.4 Å². The van der Waals surface area contributed by atoms with Crippen molar-refractivity contribution in [1.29, 1.82) is 0 Å². The van der Waals surface area contributed by atoms with Crippen LogP contribution in [0.1, 0.15) is 51.2 Å². The van der Waals surface area contributed by atoms with Gasteiger partial charge in [-0.1, -0.05) is 54.6 Å². The minimum absolute atomic E-state index is 0.0968. The first-order valence-corrected chi connectivity index (χ1v) is 10.6. The van der Waals surface area contributed by atoms with Crippen LogP contribution in [0.15, 0.2) is 72.8 Å². The molecule has 0 heterocycles. The molecule has 3 aromatic carbocycles. The van der Waals surface area contributed by atoms with Crippen molar-refractivity contribution in [3.63, 3.8) is 0 Å². The Morgan fingerprint density at radius 3 is 2.50 bits per heavy atom. The van der Waals surface area contributed by atoms with Crippen LogP contribution in [0, 0.1) is 0 Å². The standard InChI is InChI=1S/C26H24N2O4/c1-17(18-8-3-2-4-9-18)27-26(31)21-10-5-6-12-22(21)28-25(30)16-32-24-13-7-11-19-20(24)14-15-23(19)29/h2-13,17H,14-16H2,1H3,(H,27,31)(H,28,30). The van der Waals surface area contributed by atoms with Gasteiger partial charge in [-0.05, 0) is 37.1 Å². The largest absolute Gasteiger partial charge is 0.483 e. The Kier molecular flexibility index (Phi) is 6.31. The molecule has 2 N–H and O–H groups in total. The molecule has 2 amide bonds. The number of fused-ring (bicyclic) bond motifs is 1. The number of carbonyl (C=O) groups excluding carboxylic acids is 3. The lowest BCUT2D eigenvalue weighted by atomic mass is 10.1. The molecule has 32 heavy (non-hydrogen) atoms. The Bertz CT molecular complexity index is 1160. The van der Waals surface area contributed by atoms with E-state index in [1.165, 1.54) is 0 Å². The van der Waals surface area contributed by atoms with E-state index in [0.717, 1.165) is 11.1 Å². The summed E-state index contributed by atoms with van der Waals surface area (Å²) in [4.78, 5) is 37.3. The Hall–Kier alpha value is -3.93. The van der Waals surface area contributed by atoms with Crippen molar-refractivity contribution >= 4 is 23.3 Å². The average Bonchev–Trinajstić information content (AvgIpc) is 3.20. The van der Waals surface area contributed by atoms with Crippen molar-refractivity contribution < 1.29 is 19.1 Å². The summed E-state index contributed by atoms with van der Waals surface area (Å²) in [5.41, 5.74) is 3.28. The van der Waals surface area contributed by atoms with Gasteiger partial charge in [0.1, 0.15) is 5.75 Å². The second kappa shape index (κ2) is 9.47. The zero-order chi connectivity index (χ0) is 22.5. The summed E-state index contributed by atoms with van der Waals surface area (Å²) in [6.07, 6.45) is 1.08. The maximum absolute atomic E-state index is 12.8. The van der Waals surface area contributed by atoms with E-state index in [2.05, 4.69) is 10.6 Å². The SMILES string of the molecule is CC(NC(=O)c1ccccc1NC(=O)COc1cccc2c1CCC2=O)c1ccccc1. The number of ketones is 1. The van der Waals surface area contributed by atoms with Gasteiger partial charge in [-0.2, -0.15) is 0 Å². The van der Waals surface area contributed by atoms with Gasteiger partial charge in [0, 0.05) is 17.5 Å². The van der Waals surface area contributed by atoms with Gasteiger partial charge < -0.3 is 15.4 Å². The topological polar surface area (TPSA) is 84.5 Å². The predicted octanol–water partition coefficient (Wildman–Crippen LogP) is 4.32.